The predicted octanol–water partition coefficient (Wildman–Crippen LogP) is 2.41. The van der Waals surface area contributed by atoms with Crippen LogP contribution >= 0.6 is 0 Å². The molecule has 3 N–H and O–H groups in total. The predicted molar refractivity (Wildman–Crippen MR) is 81.9 cm³/mol. The molecule has 0 amide bonds. The first-order valence-corrected chi connectivity index (χ1v) is 7.37. The molecule has 0 saturated carbocycles. The summed E-state index contributed by atoms with van der Waals surface area (Å²) in [4.78, 5) is 22.6. The number of piperidine rings is 1. The van der Waals surface area contributed by atoms with Crippen molar-refractivity contribution in [2.75, 3.05) is 18.8 Å². The molecular formula is C16H24N2O3. The topological polar surface area (TPSA) is 73.6 Å². The number of hydrogen-bond donors (Lipinski definition) is 2. The summed E-state index contributed by atoms with van der Waals surface area (Å²) < 4.78 is 0. The van der Waals surface area contributed by atoms with Gasteiger partial charge in [-0.15, -0.1) is 0 Å². The van der Waals surface area contributed by atoms with Gasteiger partial charge in [0.1, 0.15) is 6.10 Å². The summed E-state index contributed by atoms with van der Waals surface area (Å²) in [5.74, 6) is -0.481. The molecule has 116 valence electrons. The van der Waals surface area contributed by atoms with Crippen molar-refractivity contribution < 1.29 is 14.6 Å². The Bertz CT molecular complexity index is 503. The Balaban J connectivity index is 2.10. The van der Waals surface area contributed by atoms with E-state index in [1.54, 1.807) is 18.2 Å². The Morgan fingerprint density at radius 2 is 1.95 bits per heavy atom. The average molecular weight is 292 g/mol. The lowest BCUT2D eigenvalue weighted by Crippen LogP contribution is -2.33. The highest BCUT2D eigenvalue weighted by atomic mass is 17.2. The van der Waals surface area contributed by atoms with E-state index in [9.17, 15) is 4.79 Å². The van der Waals surface area contributed by atoms with Gasteiger partial charge in [0.2, 0.25) is 0 Å². The van der Waals surface area contributed by atoms with Crippen molar-refractivity contribution in [2.24, 2.45) is 0 Å². The van der Waals surface area contributed by atoms with E-state index >= 15 is 0 Å². The van der Waals surface area contributed by atoms with Gasteiger partial charge in [-0.05, 0) is 49.0 Å². The van der Waals surface area contributed by atoms with Gasteiger partial charge in [0.15, 0.2) is 0 Å². The first-order chi connectivity index (χ1) is 9.89. The normalized spacial score (nSPS) is 16.7. The highest BCUT2D eigenvalue weighted by molar-refractivity contribution is 5.93. The zero-order valence-electron chi connectivity index (χ0n) is 12.9. The summed E-state index contributed by atoms with van der Waals surface area (Å²) in [5, 5.41) is 3.23. The van der Waals surface area contributed by atoms with Crippen LogP contribution in [0, 0.1) is 0 Å². The smallest absolute Gasteiger partial charge is 0.373 e. The van der Waals surface area contributed by atoms with Crippen LogP contribution in [0.15, 0.2) is 18.2 Å². The molecule has 5 heteroatoms. The second kappa shape index (κ2) is 6.45. The van der Waals surface area contributed by atoms with Crippen LogP contribution in [0.1, 0.15) is 49.5 Å². The standard InChI is InChI=1S/C16H24N2O3/c1-16(2,3)14-12(5-4-6-13(14)17)15(19)21-20-11-7-9-18-10-8-11/h4-6,11,18H,7-10,17H2,1-3H3. The van der Waals surface area contributed by atoms with E-state index in [-0.39, 0.29) is 11.5 Å². The van der Waals surface area contributed by atoms with Crippen LogP contribution in [0.4, 0.5) is 5.69 Å². The van der Waals surface area contributed by atoms with Crippen LogP contribution < -0.4 is 11.1 Å². The number of carbonyl (C=O) groups is 1. The molecule has 1 aromatic rings. The number of rotatable bonds is 3. The first kappa shape index (κ1) is 15.8. The third kappa shape index (κ3) is 3.95. The summed E-state index contributed by atoms with van der Waals surface area (Å²) in [6.45, 7) is 7.82. The monoisotopic (exact) mass is 292 g/mol. The molecule has 0 aromatic heterocycles. The van der Waals surface area contributed by atoms with E-state index < -0.39 is 5.97 Å². The minimum atomic E-state index is -0.481. The summed E-state index contributed by atoms with van der Waals surface area (Å²) in [5.41, 5.74) is 7.65. The maximum Gasteiger partial charge on any atom is 0.373 e. The molecule has 0 atom stereocenters. The Hall–Kier alpha value is -1.59. The number of nitrogens with one attached hydrogen (secondary N) is 1. The van der Waals surface area contributed by atoms with Crippen molar-refractivity contribution >= 4 is 11.7 Å². The van der Waals surface area contributed by atoms with Crippen molar-refractivity contribution in [3.63, 3.8) is 0 Å². The summed E-state index contributed by atoms with van der Waals surface area (Å²) in [6, 6.07) is 5.28. The number of hydrogen-bond acceptors (Lipinski definition) is 5. The van der Waals surface area contributed by atoms with Crippen molar-refractivity contribution in [3.05, 3.63) is 29.3 Å². The average Bonchev–Trinajstić information content (AvgIpc) is 2.44. The largest absolute Gasteiger partial charge is 0.398 e. The van der Waals surface area contributed by atoms with Gasteiger partial charge in [-0.3, -0.25) is 4.89 Å². The molecule has 1 aliphatic rings. The van der Waals surface area contributed by atoms with Gasteiger partial charge < -0.3 is 11.1 Å². The number of anilines is 1. The van der Waals surface area contributed by atoms with Crippen LogP contribution in [-0.2, 0) is 15.2 Å². The minimum Gasteiger partial charge on any atom is -0.398 e. The summed E-state index contributed by atoms with van der Waals surface area (Å²) in [6.07, 6.45) is 1.65. The fourth-order valence-corrected chi connectivity index (χ4v) is 2.63. The lowest BCUT2D eigenvalue weighted by Gasteiger charge is -2.25. The van der Waals surface area contributed by atoms with Crippen LogP contribution in [0.2, 0.25) is 0 Å². The van der Waals surface area contributed by atoms with Crippen molar-refractivity contribution in [2.45, 2.75) is 45.1 Å². The molecular weight excluding hydrogens is 268 g/mol. The Morgan fingerprint density at radius 3 is 2.57 bits per heavy atom. The van der Waals surface area contributed by atoms with E-state index in [0.29, 0.717) is 11.3 Å². The molecule has 5 nitrogen and oxygen atoms in total. The molecule has 1 heterocycles. The number of nitrogen functional groups attached to an aromatic ring is 1. The molecule has 1 saturated heterocycles. The third-order valence-electron chi connectivity index (χ3n) is 3.61. The number of benzene rings is 1. The van der Waals surface area contributed by atoms with E-state index in [1.165, 1.54) is 0 Å². The van der Waals surface area contributed by atoms with Crippen LogP contribution in [0.25, 0.3) is 0 Å². The zero-order chi connectivity index (χ0) is 15.5. The highest BCUT2D eigenvalue weighted by Gasteiger charge is 2.26. The Morgan fingerprint density at radius 1 is 1.29 bits per heavy atom. The van der Waals surface area contributed by atoms with E-state index in [1.807, 2.05) is 20.8 Å². The highest BCUT2D eigenvalue weighted by Crippen LogP contribution is 2.31. The molecule has 0 radical (unpaired) electrons. The summed E-state index contributed by atoms with van der Waals surface area (Å²) >= 11 is 0. The molecule has 0 spiro atoms. The molecule has 0 bridgehead atoms. The first-order valence-electron chi connectivity index (χ1n) is 7.37. The van der Waals surface area contributed by atoms with Gasteiger partial charge >= 0.3 is 5.97 Å². The molecule has 1 aliphatic heterocycles. The molecule has 0 aliphatic carbocycles. The maximum atomic E-state index is 12.3. The second-order valence-electron chi connectivity index (χ2n) is 6.44. The van der Waals surface area contributed by atoms with Crippen molar-refractivity contribution in [1.29, 1.82) is 0 Å². The molecule has 1 aromatic carbocycles. The quantitative estimate of drug-likeness (QED) is 0.508. The molecule has 2 rings (SSSR count). The van der Waals surface area contributed by atoms with Crippen molar-refractivity contribution in [1.82, 2.24) is 5.32 Å². The van der Waals surface area contributed by atoms with E-state index in [4.69, 9.17) is 15.5 Å². The fourth-order valence-electron chi connectivity index (χ4n) is 2.63. The lowest BCUT2D eigenvalue weighted by atomic mass is 9.82. The van der Waals surface area contributed by atoms with Gasteiger partial charge in [-0.1, -0.05) is 26.8 Å². The molecule has 1 fully saturated rings. The summed E-state index contributed by atoms with van der Waals surface area (Å²) in [7, 11) is 0. The maximum absolute atomic E-state index is 12.3. The van der Waals surface area contributed by atoms with Crippen molar-refractivity contribution in [3.8, 4) is 0 Å². The van der Waals surface area contributed by atoms with Crippen LogP contribution in [-0.4, -0.2) is 25.2 Å². The number of carbonyl (C=O) groups excluding carboxylic acids is 1. The van der Waals surface area contributed by atoms with Gasteiger partial charge in [0, 0.05) is 5.69 Å². The lowest BCUT2D eigenvalue weighted by molar-refractivity contribution is -0.278. The zero-order valence-corrected chi connectivity index (χ0v) is 12.9. The van der Waals surface area contributed by atoms with Gasteiger partial charge in [0.25, 0.3) is 0 Å². The van der Waals surface area contributed by atoms with Gasteiger partial charge in [-0.2, -0.15) is 4.89 Å². The van der Waals surface area contributed by atoms with Gasteiger partial charge in [-0.25, -0.2) is 4.79 Å². The van der Waals surface area contributed by atoms with Crippen LogP contribution in [0.5, 0.6) is 0 Å². The second-order valence-corrected chi connectivity index (χ2v) is 6.44. The van der Waals surface area contributed by atoms with E-state index in [0.717, 1.165) is 31.5 Å². The minimum absolute atomic E-state index is 0.0330. The van der Waals surface area contributed by atoms with Gasteiger partial charge in [0.05, 0.1) is 5.56 Å². The molecule has 21 heavy (non-hydrogen) atoms. The Kier molecular flexibility index (Phi) is 4.85. The SMILES string of the molecule is CC(C)(C)c1c(N)cccc1C(=O)OOC1CCNCC1. The van der Waals surface area contributed by atoms with Crippen LogP contribution in [0.3, 0.4) is 0 Å². The third-order valence-corrected chi connectivity index (χ3v) is 3.61. The fraction of sp³-hybridized carbons (Fsp3) is 0.562. The molecule has 0 unspecified atom stereocenters. The Labute approximate surface area is 125 Å². The van der Waals surface area contributed by atoms with E-state index in [2.05, 4.69) is 5.32 Å². The number of nitrogens with two attached hydrogens (primary N) is 1.